The number of fused-ring (bicyclic) bond motifs is 3. The van der Waals surface area contributed by atoms with Crippen LogP contribution in [0.5, 0.6) is 11.5 Å². The van der Waals surface area contributed by atoms with Crippen LogP contribution in [0, 0.1) is 19.7 Å². The molecule has 1 N–H and O–H groups in total. The molecule has 0 amide bonds. The average molecular weight is 483 g/mol. The topological polar surface area (TPSA) is 63.3 Å². The molecule has 6 nitrogen and oxygen atoms in total. The molecule has 4 aromatic rings. The first-order chi connectivity index (χ1) is 16.5. The normalized spacial score (nSPS) is 14.7. The fourth-order valence-electron chi connectivity index (χ4n) is 4.76. The zero-order chi connectivity index (χ0) is 23.8. The minimum atomic E-state index is -0.425. The molecule has 3 heterocycles. The molecule has 1 aliphatic rings. The Morgan fingerprint density at radius 3 is 2.62 bits per heavy atom. The van der Waals surface area contributed by atoms with Gasteiger partial charge in [0.25, 0.3) is 0 Å². The van der Waals surface area contributed by atoms with Crippen LogP contribution in [0.1, 0.15) is 30.5 Å². The smallest absolute Gasteiger partial charge is 0.182 e. The zero-order valence-corrected chi connectivity index (χ0v) is 20.4. The van der Waals surface area contributed by atoms with Crippen molar-refractivity contribution < 1.29 is 13.9 Å². The van der Waals surface area contributed by atoms with E-state index in [4.69, 9.17) is 26.1 Å². The number of likely N-dealkylation sites (tertiary alicyclic amines) is 1. The number of piperidine rings is 1. The van der Waals surface area contributed by atoms with Gasteiger partial charge in [0.05, 0.1) is 18.2 Å². The SMILES string of the molecule is COc1c(OCCN2CCCCC2)cc(F)c2c(-c3ccc(C)c(Cl)c3)nc3n[nH]c(C)c3c12. The number of nitrogens with one attached hydrogen (secondary N) is 1. The minimum absolute atomic E-state index is 0.358. The van der Waals surface area contributed by atoms with Crippen molar-refractivity contribution in [3.8, 4) is 22.8 Å². The second kappa shape index (κ2) is 9.39. The molecule has 5 rings (SSSR count). The predicted molar refractivity (Wildman–Crippen MR) is 134 cm³/mol. The number of aryl methyl sites for hydroxylation is 2. The Morgan fingerprint density at radius 2 is 1.88 bits per heavy atom. The second-order valence-corrected chi connectivity index (χ2v) is 9.27. The van der Waals surface area contributed by atoms with Crippen molar-refractivity contribution in [3.05, 3.63) is 46.4 Å². The molecule has 0 atom stereocenters. The van der Waals surface area contributed by atoms with Gasteiger partial charge in [0.15, 0.2) is 17.1 Å². The van der Waals surface area contributed by atoms with E-state index < -0.39 is 5.82 Å². The predicted octanol–water partition coefficient (Wildman–Crippen LogP) is 6.06. The monoisotopic (exact) mass is 482 g/mol. The lowest BCUT2D eigenvalue weighted by atomic mass is 9.98. The van der Waals surface area contributed by atoms with Gasteiger partial charge in [-0.05, 0) is 51.4 Å². The van der Waals surface area contributed by atoms with Crippen LogP contribution >= 0.6 is 11.6 Å². The highest BCUT2D eigenvalue weighted by Gasteiger charge is 2.24. The summed E-state index contributed by atoms with van der Waals surface area (Å²) in [6, 6.07) is 7.00. The molecular formula is C26H28ClFN4O2. The Balaban J connectivity index is 1.66. The van der Waals surface area contributed by atoms with Crippen molar-refractivity contribution in [1.82, 2.24) is 20.1 Å². The van der Waals surface area contributed by atoms with E-state index >= 15 is 4.39 Å². The molecule has 1 fully saturated rings. The van der Waals surface area contributed by atoms with Crippen molar-refractivity contribution in [2.24, 2.45) is 0 Å². The van der Waals surface area contributed by atoms with Crippen molar-refractivity contribution >= 4 is 33.4 Å². The standard InChI is InChI=1S/C26H28ClFN4O2/c1-15-7-8-17(13-18(15)27)24-22-19(28)14-20(34-12-11-32-9-5-4-6-10-32)25(33-3)23(22)21-16(2)30-31-26(21)29-24/h7-8,13-14H,4-6,9-12H2,1-3H3,(H,29,30,31). The van der Waals surface area contributed by atoms with Gasteiger partial charge in [-0.1, -0.05) is 30.2 Å². The molecule has 34 heavy (non-hydrogen) atoms. The highest BCUT2D eigenvalue weighted by molar-refractivity contribution is 6.31. The maximum Gasteiger partial charge on any atom is 0.182 e. The number of hydrogen-bond donors (Lipinski definition) is 1. The number of benzene rings is 2. The largest absolute Gasteiger partial charge is 0.492 e. The Labute approximate surface area is 203 Å². The summed E-state index contributed by atoms with van der Waals surface area (Å²) in [5, 5.41) is 9.60. The lowest BCUT2D eigenvalue weighted by Gasteiger charge is -2.26. The van der Waals surface area contributed by atoms with Crippen LogP contribution in [-0.4, -0.2) is 53.4 Å². The molecular weight excluding hydrogens is 455 g/mol. The molecule has 0 radical (unpaired) electrons. The van der Waals surface area contributed by atoms with Crippen molar-refractivity contribution in [2.75, 3.05) is 33.4 Å². The van der Waals surface area contributed by atoms with Crippen LogP contribution in [0.3, 0.4) is 0 Å². The number of methoxy groups -OCH3 is 1. The maximum atomic E-state index is 15.8. The molecule has 1 saturated heterocycles. The molecule has 0 aliphatic carbocycles. The quantitative estimate of drug-likeness (QED) is 0.362. The van der Waals surface area contributed by atoms with Gasteiger partial charge in [0.1, 0.15) is 12.4 Å². The van der Waals surface area contributed by atoms with Crippen LogP contribution in [0.4, 0.5) is 4.39 Å². The van der Waals surface area contributed by atoms with Crippen LogP contribution < -0.4 is 9.47 Å². The van der Waals surface area contributed by atoms with Gasteiger partial charge in [-0.15, -0.1) is 0 Å². The average Bonchev–Trinajstić information content (AvgIpc) is 3.21. The highest BCUT2D eigenvalue weighted by atomic mass is 35.5. The summed E-state index contributed by atoms with van der Waals surface area (Å²) < 4.78 is 27.7. The third-order valence-electron chi connectivity index (χ3n) is 6.59. The van der Waals surface area contributed by atoms with E-state index in [0.717, 1.165) is 30.9 Å². The molecule has 0 bridgehead atoms. The van der Waals surface area contributed by atoms with E-state index in [1.54, 1.807) is 13.2 Å². The van der Waals surface area contributed by atoms with Crippen molar-refractivity contribution in [2.45, 2.75) is 33.1 Å². The summed E-state index contributed by atoms with van der Waals surface area (Å²) in [5.41, 5.74) is 3.38. The first-order valence-electron chi connectivity index (χ1n) is 11.6. The Morgan fingerprint density at radius 1 is 1.09 bits per heavy atom. The number of nitrogens with zero attached hydrogens (tertiary/aromatic N) is 3. The summed E-state index contributed by atoms with van der Waals surface area (Å²) in [5.74, 6) is 0.433. The highest BCUT2D eigenvalue weighted by Crippen LogP contribution is 2.45. The van der Waals surface area contributed by atoms with Crippen LogP contribution in [-0.2, 0) is 0 Å². The molecule has 178 valence electrons. The van der Waals surface area contributed by atoms with Crippen molar-refractivity contribution in [3.63, 3.8) is 0 Å². The lowest BCUT2D eigenvalue weighted by Crippen LogP contribution is -2.33. The molecule has 1 aliphatic heterocycles. The summed E-state index contributed by atoms with van der Waals surface area (Å²) in [4.78, 5) is 7.09. The van der Waals surface area contributed by atoms with E-state index in [-0.39, 0.29) is 0 Å². The fourth-order valence-corrected chi connectivity index (χ4v) is 4.94. The lowest BCUT2D eigenvalue weighted by molar-refractivity contribution is 0.180. The first kappa shape index (κ1) is 22.9. The summed E-state index contributed by atoms with van der Waals surface area (Å²) in [6.07, 6.45) is 3.71. The molecule has 2 aromatic heterocycles. The Hall–Kier alpha value is -2.90. The summed E-state index contributed by atoms with van der Waals surface area (Å²) >= 11 is 6.39. The Bertz CT molecular complexity index is 1360. The number of aromatic nitrogens is 3. The molecule has 0 spiro atoms. The van der Waals surface area contributed by atoms with E-state index in [0.29, 0.717) is 56.2 Å². The fraction of sp³-hybridized carbons (Fsp3) is 0.385. The number of halogens is 2. The van der Waals surface area contributed by atoms with Gasteiger partial charge in [0.2, 0.25) is 0 Å². The number of ether oxygens (including phenoxy) is 2. The third-order valence-corrected chi connectivity index (χ3v) is 7.00. The molecule has 8 heteroatoms. The second-order valence-electron chi connectivity index (χ2n) is 8.86. The molecule has 2 aromatic carbocycles. The van der Waals surface area contributed by atoms with E-state index in [1.807, 2.05) is 26.0 Å². The van der Waals surface area contributed by atoms with Crippen LogP contribution in [0.2, 0.25) is 5.02 Å². The van der Waals surface area contributed by atoms with E-state index in [9.17, 15) is 0 Å². The number of rotatable bonds is 6. The van der Waals surface area contributed by atoms with Gasteiger partial charge in [-0.25, -0.2) is 9.37 Å². The van der Waals surface area contributed by atoms with Gasteiger partial charge in [-0.3, -0.25) is 10.00 Å². The van der Waals surface area contributed by atoms with Gasteiger partial charge < -0.3 is 9.47 Å². The van der Waals surface area contributed by atoms with Crippen molar-refractivity contribution in [1.29, 1.82) is 0 Å². The van der Waals surface area contributed by atoms with E-state index in [1.165, 1.54) is 25.3 Å². The number of hydrogen-bond acceptors (Lipinski definition) is 5. The Kier molecular flexibility index (Phi) is 6.32. The summed E-state index contributed by atoms with van der Waals surface area (Å²) in [6.45, 7) is 7.23. The van der Waals surface area contributed by atoms with Crippen LogP contribution in [0.15, 0.2) is 24.3 Å². The van der Waals surface area contributed by atoms with Crippen LogP contribution in [0.25, 0.3) is 33.1 Å². The molecule has 0 saturated carbocycles. The third kappa shape index (κ3) is 4.07. The maximum absolute atomic E-state index is 15.8. The number of aromatic amines is 1. The minimum Gasteiger partial charge on any atom is -0.492 e. The van der Waals surface area contributed by atoms with Gasteiger partial charge in [-0.2, -0.15) is 5.10 Å². The number of H-pyrrole nitrogens is 1. The van der Waals surface area contributed by atoms with E-state index in [2.05, 4.69) is 15.1 Å². The van der Waals surface area contributed by atoms with Gasteiger partial charge in [0, 0.05) is 39.7 Å². The number of pyridine rings is 1. The van der Waals surface area contributed by atoms with Gasteiger partial charge >= 0.3 is 0 Å². The summed E-state index contributed by atoms with van der Waals surface area (Å²) in [7, 11) is 1.58. The first-order valence-corrected chi connectivity index (χ1v) is 12.0. The molecule has 0 unspecified atom stereocenters. The zero-order valence-electron chi connectivity index (χ0n) is 19.7.